The van der Waals surface area contributed by atoms with Crippen LogP contribution in [-0.4, -0.2) is 18.5 Å². The summed E-state index contributed by atoms with van der Waals surface area (Å²) in [6, 6.07) is 0. The molecule has 0 aliphatic heterocycles. The minimum Gasteiger partial charge on any atom is -0.170 e. The Bertz CT molecular complexity index is 275. The van der Waals surface area contributed by atoms with Crippen molar-refractivity contribution in [1.29, 1.82) is 0 Å². The predicted molar refractivity (Wildman–Crippen MR) is 63.2 cm³/mol. The van der Waals surface area contributed by atoms with Gasteiger partial charge >= 0.3 is 18.5 Å². The molecular formula is C13H19F9. The fourth-order valence-corrected chi connectivity index (χ4v) is 2.25. The Labute approximate surface area is 123 Å². The van der Waals surface area contributed by atoms with Crippen molar-refractivity contribution >= 4 is 0 Å². The quantitative estimate of drug-likeness (QED) is 0.335. The van der Waals surface area contributed by atoms with E-state index in [0.29, 0.717) is 12.8 Å². The third-order valence-electron chi connectivity index (χ3n) is 3.61. The Kier molecular flexibility index (Phi) is 7.54. The van der Waals surface area contributed by atoms with E-state index in [0.717, 1.165) is 19.3 Å². The topological polar surface area (TPSA) is 0 Å². The van der Waals surface area contributed by atoms with Crippen LogP contribution in [-0.2, 0) is 0 Å². The van der Waals surface area contributed by atoms with Crippen molar-refractivity contribution in [3.63, 3.8) is 0 Å². The largest absolute Gasteiger partial charge is 0.412 e. The van der Waals surface area contributed by atoms with Gasteiger partial charge in [0, 0.05) is 0 Å². The molecule has 0 aliphatic rings. The third kappa shape index (κ3) is 4.94. The second-order valence-electron chi connectivity index (χ2n) is 5.27. The maximum Gasteiger partial charge on any atom is 0.412 e. The van der Waals surface area contributed by atoms with Gasteiger partial charge in [-0.15, -0.1) is 0 Å². The lowest BCUT2D eigenvalue weighted by Gasteiger charge is -2.38. The van der Waals surface area contributed by atoms with Gasteiger partial charge in [-0.2, -0.15) is 39.5 Å². The Morgan fingerprint density at radius 3 is 1.14 bits per heavy atom. The average Bonchev–Trinajstić information content (AvgIpc) is 2.27. The molecule has 0 saturated heterocycles. The molecular weight excluding hydrogens is 327 g/mol. The first kappa shape index (κ1) is 21.4. The summed E-state index contributed by atoms with van der Waals surface area (Å²) in [6.45, 7) is 1.92. The second kappa shape index (κ2) is 7.77. The van der Waals surface area contributed by atoms with E-state index in [1.54, 1.807) is 0 Å². The molecule has 0 amide bonds. The molecule has 0 spiro atoms. The number of rotatable bonds is 8. The van der Waals surface area contributed by atoms with Gasteiger partial charge in [0.25, 0.3) is 5.41 Å². The molecule has 0 fully saturated rings. The van der Waals surface area contributed by atoms with Crippen molar-refractivity contribution in [3.8, 4) is 0 Å². The van der Waals surface area contributed by atoms with E-state index < -0.39 is 36.8 Å². The number of hydrogen-bond acceptors (Lipinski definition) is 0. The highest BCUT2D eigenvalue weighted by Gasteiger charge is 2.82. The van der Waals surface area contributed by atoms with Crippen LogP contribution in [0.15, 0.2) is 0 Å². The van der Waals surface area contributed by atoms with Crippen molar-refractivity contribution < 1.29 is 39.5 Å². The van der Waals surface area contributed by atoms with Crippen LogP contribution in [0.5, 0.6) is 0 Å². The third-order valence-corrected chi connectivity index (χ3v) is 3.61. The molecule has 0 radical (unpaired) electrons. The molecule has 0 aromatic heterocycles. The molecule has 0 rings (SSSR count). The van der Waals surface area contributed by atoms with Crippen LogP contribution in [0.4, 0.5) is 39.5 Å². The molecule has 22 heavy (non-hydrogen) atoms. The summed E-state index contributed by atoms with van der Waals surface area (Å²) in [5.74, 6) is 0. The lowest BCUT2D eigenvalue weighted by atomic mass is 9.80. The Morgan fingerprint density at radius 1 is 0.500 bits per heavy atom. The zero-order valence-corrected chi connectivity index (χ0v) is 12.1. The van der Waals surface area contributed by atoms with Gasteiger partial charge in [0.05, 0.1) is 0 Å². The van der Waals surface area contributed by atoms with Crippen molar-refractivity contribution in [1.82, 2.24) is 0 Å². The minimum absolute atomic E-state index is 0.0896. The maximum absolute atomic E-state index is 12.6. The standard InChI is InChI=1S/C13H19F9/c1-2-3-4-5-6-7-8-9-10(11(14,15)16,12(17,18)19)13(20,21)22/h2-9H2,1H3. The molecule has 9 heteroatoms. The Hall–Kier alpha value is -0.630. The molecule has 0 heterocycles. The molecule has 0 nitrogen and oxygen atoms in total. The number of hydrogen-bond donors (Lipinski definition) is 0. The van der Waals surface area contributed by atoms with Crippen LogP contribution >= 0.6 is 0 Å². The van der Waals surface area contributed by atoms with Crippen LogP contribution in [0.25, 0.3) is 0 Å². The first-order valence-electron chi connectivity index (χ1n) is 7.01. The van der Waals surface area contributed by atoms with Crippen molar-refractivity contribution in [2.45, 2.75) is 76.8 Å². The first-order valence-corrected chi connectivity index (χ1v) is 7.01. The van der Waals surface area contributed by atoms with E-state index in [2.05, 4.69) is 0 Å². The monoisotopic (exact) mass is 346 g/mol. The average molecular weight is 346 g/mol. The number of unbranched alkanes of at least 4 members (excludes halogenated alkanes) is 6. The summed E-state index contributed by atoms with van der Waals surface area (Å²) in [4.78, 5) is 0. The predicted octanol–water partition coefficient (Wildman–Crippen LogP) is 6.80. The van der Waals surface area contributed by atoms with Crippen molar-refractivity contribution in [2.24, 2.45) is 5.41 Å². The summed E-state index contributed by atoms with van der Waals surface area (Å²) in [7, 11) is 0. The summed E-state index contributed by atoms with van der Waals surface area (Å²) < 4.78 is 113. The van der Waals surface area contributed by atoms with Crippen molar-refractivity contribution in [2.75, 3.05) is 0 Å². The van der Waals surface area contributed by atoms with Gasteiger partial charge in [-0.3, -0.25) is 0 Å². The Balaban J connectivity index is 4.91. The fourth-order valence-electron chi connectivity index (χ4n) is 2.25. The summed E-state index contributed by atoms with van der Waals surface area (Å²) in [5, 5.41) is 0. The summed E-state index contributed by atoms with van der Waals surface area (Å²) in [6.07, 6.45) is -18.7. The van der Waals surface area contributed by atoms with E-state index in [4.69, 9.17) is 0 Å². The van der Waals surface area contributed by atoms with Crippen LogP contribution in [0, 0.1) is 5.41 Å². The van der Waals surface area contributed by atoms with E-state index in [9.17, 15) is 39.5 Å². The smallest absolute Gasteiger partial charge is 0.170 e. The normalized spacial score (nSPS) is 14.5. The summed E-state index contributed by atoms with van der Waals surface area (Å²) >= 11 is 0. The first-order chi connectivity index (χ1) is 9.81. The van der Waals surface area contributed by atoms with Crippen molar-refractivity contribution in [3.05, 3.63) is 0 Å². The van der Waals surface area contributed by atoms with Crippen LogP contribution in [0.2, 0.25) is 0 Å². The van der Waals surface area contributed by atoms with Gasteiger partial charge in [0.15, 0.2) is 0 Å². The lowest BCUT2D eigenvalue weighted by Crippen LogP contribution is -2.59. The molecule has 0 aliphatic carbocycles. The van der Waals surface area contributed by atoms with E-state index in [1.807, 2.05) is 6.92 Å². The Morgan fingerprint density at radius 2 is 0.818 bits per heavy atom. The van der Waals surface area contributed by atoms with Crippen LogP contribution < -0.4 is 0 Å². The minimum atomic E-state index is -6.42. The lowest BCUT2D eigenvalue weighted by molar-refractivity contribution is -0.429. The highest BCUT2D eigenvalue weighted by Crippen LogP contribution is 2.61. The van der Waals surface area contributed by atoms with Gasteiger partial charge in [-0.1, -0.05) is 51.9 Å². The molecule has 0 saturated carbocycles. The van der Waals surface area contributed by atoms with Gasteiger partial charge in [0.1, 0.15) is 0 Å². The molecule has 0 bridgehead atoms. The van der Waals surface area contributed by atoms with E-state index >= 15 is 0 Å². The maximum atomic E-state index is 12.6. The highest BCUT2D eigenvalue weighted by atomic mass is 19.4. The van der Waals surface area contributed by atoms with Gasteiger partial charge in [0.2, 0.25) is 0 Å². The van der Waals surface area contributed by atoms with Gasteiger partial charge < -0.3 is 0 Å². The molecule has 0 aromatic carbocycles. The molecule has 0 atom stereocenters. The van der Waals surface area contributed by atoms with Gasteiger partial charge in [-0.25, -0.2) is 0 Å². The fraction of sp³-hybridized carbons (Fsp3) is 1.00. The van der Waals surface area contributed by atoms with Crippen LogP contribution in [0.1, 0.15) is 58.3 Å². The zero-order chi connectivity index (χ0) is 17.7. The second-order valence-corrected chi connectivity index (χ2v) is 5.27. The molecule has 0 N–H and O–H groups in total. The SMILES string of the molecule is CCCCCCCCCC(C(F)(F)F)(C(F)(F)F)C(F)(F)F. The van der Waals surface area contributed by atoms with E-state index in [-0.39, 0.29) is 6.42 Å². The number of halogens is 9. The summed E-state index contributed by atoms with van der Waals surface area (Å²) in [5.41, 5.74) is -5.64. The van der Waals surface area contributed by atoms with Crippen LogP contribution in [0.3, 0.4) is 0 Å². The molecule has 134 valence electrons. The molecule has 0 unspecified atom stereocenters. The highest BCUT2D eigenvalue weighted by molar-refractivity contribution is 4.99. The number of alkyl halides is 9. The zero-order valence-electron chi connectivity index (χ0n) is 12.1. The molecule has 0 aromatic rings. The van der Waals surface area contributed by atoms with E-state index in [1.165, 1.54) is 0 Å². The van der Waals surface area contributed by atoms with Gasteiger partial charge in [-0.05, 0) is 6.42 Å².